The molecule has 0 aliphatic carbocycles. The van der Waals surface area contributed by atoms with Gasteiger partial charge in [0, 0.05) is 38.3 Å². The molecule has 5 heteroatoms. The van der Waals surface area contributed by atoms with E-state index in [-0.39, 0.29) is 11.9 Å². The highest BCUT2D eigenvalue weighted by Crippen LogP contribution is 2.20. The molecule has 0 saturated carbocycles. The Morgan fingerprint density at radius 1 is 0.957 bits per heavy atom. The lowest BCUT2D eigenvalue weighted by Crippen LogP contribution is -2.53. The highest BCUT2D eigenvalue weighted by atomic mass is 16.2. The predicted molar refractivity (Wildman–Crippen MR) is 90.5 cm³/mol. The van der Waals surface area contributed by atoms with Gasteiger partial charge < -0.3 is 15.1 Å². The van der Waals surface area contributed by atoms with Crippen LogP contribution in [0.1, 0.15) is 17.3 Å². The van der Waals surface area contributed by atoms with Gasteiger partial charge >= 0.3 is 6.03 Å². The highest BCUT2D eigenvalue weighted by molar-refractivity contribution is 6.07. The maximum absolute atomic E-state index is 12.8. The summed E-state index contributed by atoms with van der Waals surface area (Å²) in [6.45, 7) is 4.80. The number of nitrogens with one attached hydrogen (secondary N) is 1. The van der Waals surface area contributed by atoms with Crippen LogP contribution in [0.4, 0.5) is 4.79 Å². The molecule has 1 aliphatic rings. The summed E-state index contributed by atoms with van der Waals surface area (Å²) in [5.41, 5.74) is 0.731. The van der Waals surface area contributed by atoms with Crippen molar-refractivity contribution in [1.82, 2.24) is 15.1 Å². The summed E-state index contributed by atoms with van der Waals surface area (Å²) in [5, 5.41) is 4.85. The smallest absolute Gasteiger partial charge is 0.317 e. The molecule has 3 amide bonds. The topological polar surface area (TPSA) is 52.7 Å². The Morgan fingerprint density at radius 3 is 2.35 bits per heavy atom. The minimum Gasteiger partial charge on any atom is -0.338 e. The van der Waals surface area contributed by atoms with Gasteiger partial charge in [0.1, 0.15) is 0 Å². The molecule has 23 heavy (non-hydrogen) atoms. The number of hydrogen-bond acceptors (Lipinski definition) is 2. The van der Waals surface area contributed by atoms with Crippen LogP contribution in [-0.4, -0.2) is 54.5 Å². The van der Waals surface area contributed by atoms with Gasteiger partial charge in [-0.15, -0.1) is 0 Å². The first-order chi connectivity index (χ1) is 11.2. The molecule has 1 heterocycles. The number of rotatable bonds is 2. The normalized spacial score (nSPS) is 14.8. The lowest BCUT2D eigenvalue weighted by Gasteiger charge is -2.34. The van der Waals surface area contributed by atoms with Crippen LogP contribution >= 0.6 is 0 Å². The van der Waals surface area contributed by atoms with Crippen LogP contribution in [0.25, 0.3) is 10.8 Å². The molecule has 120 valence electrons. The monoisotopic (exact) mass is 311 g/mol. The average Bonchev–Trinajstić information content (AvgIpc) is 2.61. The van der Waals surface area contributed by atoms with Crippen LogP contribution < -0.4 is 5.32 Å². The SMILES string of the molecule is CCNC(=O)N1CCN(C(=O)c2cccc3ccccc23)CC1. The van der Waals surface area contributed by atoms with E-state index in [0.29, 0.717) is 32.7 Å². The molecular formula is C18H21N3O2. The third-order valence-corrected chi connectivity index (χ3v) is 4.20. The van der Waals surface area contributed by atoms with Gasteiger partial charge in [-0.1, -0.05) is 36.4 Å². The van der Waals surface area contributed by atoms with E-state index in [9.17, 15) is 9.59 Å². The number of carbonyl (C=O) groups is 2. The van der Waals surface area contributed by atoms with Crippen LogP contribution in [0.15, 0.2) is 42.5 Å². The summed E-state index contributed by atoms with van der Waals surface area (Å²) in [6.07, 6.45) is 0. The molecule has 2 aromatic carbocycles. The van der Waals surface area contributed by atoms with E-state index in [1.54, 1.807) is 4.90 Å². The maximum Gasteiger partial charge on any atom is 0.317 e. The molecule has 0 atom stereocenters. The largest absolute Gasteiger partial charge is 0.338 e. The minimum atomic E-state index is -0.0511. The van der Waals surface area contributed by atoms with Crippen molar-refractivity contribution >= 4 is 22.7 Å². The number of hydrogen-bond donors (Lipinski definition) is 1. The number of urea groups is 1. The summed E-state index contributed by atoms with van der Waals surface area (Å²) < 4.78 is 0. The second-order valence-electron chi connectivity index (χ2n) is 5.64. The van der Waals surface area contributed by atoms with Crippen LogP contribution in [-0.2, 0) is 0 Å². The quantitative estimate of drug-likeness (QED) is 0.925. The summed E-state index contributed by atoms with van der Waals surface area (Å²) >= 11 is 0. The van der Waals surface area contributed by atoms with Gasteiger partial charge in [0.15, 0.2) is 0 Å². The van der Waals surface area contributed by atoms with Crippen LogP contribution in [0.2, 0.25) is 0 Å². The van der Waals surface area contributed by atoms with Crippen molar-refractivity contribution in [3.8, 4) is 0 Å². The minimum absolute atomic E-state index is 0.0392. The molecule has 0 radical (unpaired) electrons. The lowest BCUT2D eigenvalue weighted by molar-refractivity contribution is 0.0667. The van der Waals surface area contributed by atoms with Gasteiger partial charge in [-0.2, -0.15) is 0 Å². The zero-order valence-corrected chi connectivity index (χ0v) is 13.3. The van der Waals surface area contributed by atoms with Crippen molar-refractivity contribution in [1.29, 1.82) is 0 Å². The fraction of sp³-hybridized carbons (Fsp3) is 0.333. The van der Waals surface area contributed by atoms with Crippen molar-refractivity contribution in [2.75, 3.05) is 32.7 Å². The Hall–Kier alpha value is -2.56. The van der Waals surface area contributed by atoms with Crippen LogP contribution in [0.5, 0.6) is 0 Å². The highest BCUT2D eigenvalue weighted by Gasteiger charge is 2.25. The number of nitrogens with zero attached hydrogens (tertiary/aromatic N) is 2. The van der Waals surface area contributed by atoms with Gasteiger partial charge in [0.25, 0.3) is 5.91 Å². The molecular weight excluding hydrogens is 290 g/mol. The maximum atomic E-state index is 12.8. The Balaban J connectivity index is 1.73. The molecule has 1 aliphatic heterocycles. The first kappa shape index (κ1) is 15.3. The third-order valence-electron chi connectivity index (χ3n) is 4.20. The van der Waals surface area contributed by atoms with Crippen molar-refractivity contribution < 1.29 is 9.59 Å². The van der Waals surface area contributed by atoms with Gasteiger partial charge in [0.05, 0.1) is 0 Å². The van der Waals surface area contributed by atoms with E-state index in [0.717, 1.165) is 16.3 Å². The van der Waals surface area contributed by atoms with E-state index in [1.165, 1.54) is 0 Å². The fourth-order valence-electron chi connectivity index (χ4n) is 2.96. The van der Waals surface area contributed by atoms with E-state index in [1.807, 2.05) is 54.3 Å². The molecule has 2 aromatic rings. The van der Waals surface area contributed by atoms with Crippen molar-refractivity contribution in [3.05, 3.63) is 48.0 Å². The Kier molecular flexibility index (Phi) is 4.46. The van der Waals surface area contributed by atoms with Gasteiger partial charge in [-0.3, -0.25) is 4.79 Å². The zero-order valence-electron chi connectivity index (χ0n) is 13.3. The van der Waals surface area contributed by atoms with Crippen molar-refractivity contribution in [2.45, 2.75) is 6.92 Å². The molecule has 3 rings (SSSR count). The Morgan fingerprint density at radius 2 is 1.61 bits per heavy atom. The lowest BCUT2D eigenvalue weighted by atomic mass is 10.0. The average molecular weight is 311 g/mol. The van der Waals surface area contributed by atoms with E-state index < -0.39 is 0 Å². The first-order valence-electron chi connectivity index (χ1n) is 8.00. The summed E-state index contributed by atoms with van der Waals surface area (Å²) in [4.78, 5) is 28.2. The predicted octanol–water partition coefficient (Wildman–Crippen LogP) is 2.33. The number of carbonyl (C=O) groups excluding carboxylic acids is 2. The molecule has 0 bridgehead atoms. The first-order valence-corrected chi connectivity index (χ1v) is 8.00. The van der Waals surface area contributed by atoms with Gasteiger partial charge in [-0.05, 0) is 23.8 Å². The summed E-state index contributed by atoms with van der Waals surface area (Å²) in [7, 11) is 0. The van der Waals surface area contributed by atoms with Crippen molar-refractivity contribution in [3.63, 3.8) is 0 Å². The fourth-order valence-corrected chi connectivity index (χ4v) is 2.96. The molecule has 0 unspecified atom stereocenters. The Bertz CT molecular complexity index is 716. The Labute approximate surface area is 135 Å². The van der Waals surface area contributed by atoms with E-state index in [4.69, 9.17) is 0 Å². The van der Waals surface area contributed by atoms with Gasteiger partial charge in [-0.25, -0.2) is 4.79 Å². The standard InChI is InChI=1S/C18H21N3O2/c1-2-19-18(23)21-12-10-20(11-13-21)17(22)16-9-5-7-14-6-3-4-8-15(14)16/h3-9H,2,10-13H2,1H3,(H,19,23). The second kappa shape index (κ2) is 6.69. The zero-order chi connectivity index (χ0) is 16.2. The molecule has 0 aromatic heterocycles. The number of fused-ring (bicyclic) bond motifs is 1. The number of amides is 3. The summed E-state index contributed by atoms with van der Waals surface area (Å²) in [6, 6.07) is 13.7. The van der Waals surface area contributed by atoms with E-state index in [2.05, 4.69) is 5.32 Å². The number of piperazine rings is 1. The van der Waals surface area contributed by atoms with E-state index >= 15 is 0 Å². The van der Waals surface area contributed by atoms with Crippen LogP contribution in [0.3, 0.4) is 0 Å². The second-order valence-corrected chi connectivity index (χ2v) is 5.64. The molecule has 0 spiro atoms. The van der Waals surface area contributed by atoms with Crippen molar-refractivity contribution in [2.24, 2.45) is 0 Å². The summed E-state index contributed by atoms with van der Waals surface area (Å²) in [5.74, 6) is 0.0392. The van der Waals surface area contributed by atoms with Gasteiger partial charge in [0.2, 0.25) is 0 Å². The van der Waals surface area contributed by atoms with Crippen LogP contribution in [0, 0.1) is 0 Å². The molecule has 5 nitrogen and oxygen atoms in total. The third kappa shape index (κ3) is 3.13. The molecule has 1 saturated heterocycles. The molecule has 1 fully saturated rings. The number of benzene rings is 2. The molecule has 1 N–H and O–H groups in total.